The van der Waals surface area contributed by atoms with Gasteiger partial charge in [0.05, 0.1) is 6.61 Å². The molecule has 1 aliphatic carbocycles. The van der Waals surface area contributed by atoms with Crippen LogP contribution in [0.15, 0.2) is 0 Å². The molecule has 110 valence electrons. The second kappa shape index (κ2) is 6.79. The van der Waals surface area contributed by atoms with E-state index < -0.39 is 17.8 Å². The minimum absolute atomic E-state index is 0.0228. The Hall–Kier alpha value is -1.24. The summed E-state index contributed by atoms with van der Waals surface area (Å²) in [6, 6.07) is -0.264. The number of esters is 1. The van der Waals surface area contributed by atoms with Crippen molar-refractivity contribution in [1.82, 2.24) is 4.90 Å². The summed E-state index contributed by atoms with van der Waals surface area (Å²) >= 11 is 0. The maximum atomic E-state index is 13.7. The topological polar surface area (TPSA) is 66.8 Å². The van der Waals surface area contributed by atoms with Crippen molar-refractivity contribution in [1.29, 1.82) is 0 Å². The largest absolute Gasteiger partial charge is 0.461 e. The molecule has 0 aromatic carbocycles. The van der Waals surface area contributed by atoms with E-state index in [1.165, 1.54) is 6.92 Å². The van der Waals surface area contributed by atoms with E-state index in [0.29, 0.717) is 12.8 Å². The number of carbonyl (C=O) groups is 2. The van der Waals surface area contributed by atoms with Crippen molar-refractivity contribution in [3.8, 4) is 0 Å². The Labute approximate surface area is 110 Å². The van der Waals surface area contributed by atoms with Crippen LogP contribution in [-0.2, 0) is 14.3 Å². The first kappa shape index (κ1) is 15.8. The maximum Gasteiger partial charge on any atom is 0.419 e. The highest BCUT2D eigenvalue weighted by molar-refractivity contribution is 6.04. The molecular formula is C12H19F2NO4. The molecule has 5 nitrogen and oxygen atoms in total. The van der Waals surface area contributed by atoms with E-state index in [2.05, 4.69) is 4.74 Å². The third-order valence-electron chi connectivity index (χ3n) is 3.13. The van der Waals surface area contributed by atoms with E-state index in [4.69, 9.17) is 5.11 Å². The van der Waals surface area contributed by atoms with Gasteiger partial charge in [-0.3, -0.25) is 4.79 Å². The number of amides is 1. The first-order valence-corrected chi connectivity index (χ1v) is 6.42. The van der Waals surface area contributed by atoms with Crippen molar-refractivity contribution in [2.24, 2.45) is 0 Å². The monoisotopic (exact) mass is 279 g/mol. The normalized spacial score (nSPS) is 15.8. The second-order valence-electron chi connectivity index (χ2n) is 4.46. The number of rotatable bonds is 7. The van der Waals surface area contributed by atoms with Crippen molar-refractivity contribution in [3.63, 3.8) is 0 Å². The number of hydrogen-bond acceptors (Lipinski definition) is 4. The lowest BCUT2D eigenvalue weighted by molar-refractivity contribution is -0.184. The molecule has 19 heavy (non-hydrogen) atoms. The molecule has 0 aromatic rings. The standard InChI is InChI=1S/C12H19F2NO4/c1-2-19-11(18)12(13,14)10(17)15(7-4-8-16)9-5-3-6-9/h9,16H,2-8H2,1H3. The Bertz CT molecular complexity index is 332. The third kappa shape index (κ3) is 3.62. The molecule has 1 N–H and O–H groups in total. The van der Waals surface area contributed by atoms with Crippen LogP contribution in [0.5, 0.6) is 0 Å². The van der Waals surface area contributed by atoms with Gasteiger partial charge in [-0.2, -0.15) is 8.78 Å². The number of ether oxygens (including phenoxy) is 1. The average Bonchev–Trinajstić information content (AvgIpc) is 2.31. The summed E-state index contributed by atoms with van der Waals surface area (Å²) < 4.78 is 31.6. The van der Waals surface area contributed by atoms with Gasteiger partial charge in [-0.15, -0.1) is 0 Å². The lowest BCUT2D eigenvalue weighted by atomic mass is 9.91. The highest BCUT2D eigenvalue weighted by Crippen LogP contribution is 2.29. The summed E-state index contributed by atoms with van der Waals surface area (Å²) in [4.78, 5) is 24.0. The predicted octanol–water partition coefficient (Wildman–Crippen LogP) is 0.948. The number of halogens is 2. The van der Waals surface area contributed by atoms with Crippen molar-refractivity contribution < 1.29 is 28.2 Å². The molecule has 0 aliphatic heterocycles. The van der Waals surface area contributed by atoms with E-state index in [0.717, 1.165) is 11.3 Å². The van der Waals surface area contributed by atoms with Gasteiger partial charge in [0.1, 0.15) is 0 Å². The predicted molar refractivity (Wildman–Crippen MR) is 62.6 cm³/mol. The van der Waals surface area contributed by atoms with Gasteiger partial charge in [0.2, 0.25) is 0 Å². The Morgan fingerprint density at radius 3 is 2.47 bits per heavy atom. The second-order valence-corrected chi connectivity index (χ2v) is 4.46. The minimum atomic E-state index is -4.15. The van der Waals surface area contributed by atoms with E-state index in [1.807, 2.05) is 0 Å². The van der Waals surface area contributed by atoms with Gasteiger partial charge >= 0.3 is 17.8 Å². The highest BCUT2D eigenvalue weighted by Gasteiger charge is 2.52. The Morgan fingerprint density at radius 2 is 2.05 bits per heavy atom. The van der Waals surface area contributed by atoms with Crippen LogP contribution in [0, 0.1) is 0 Å². The van der Waals surface area contributed by atoms with Crippen LogP contribution in [0.25, 0.3) is 0 Å². The van der Waals surface area contributed by atoms with Gasteiger partial charge in [0.25, 0.3) is 0 Å². The van der Waals surface area contributed by atoms with Crippen LogP contribution in [0.1, 0.15) is 32.6 Å². The van der Waals surface area contributed by atoms with Gasteiger partial charge in [-0.25, -0.2) is 4.79 Å². The Kier molecular flexibility index (Phi) is 5.65. The molecular weight excluding hydrogens is 260 g/mol. The quantitative estimate of drug-likeness (QED) is 0.556. The van der Waals surface area contributed by atoms with Gasteiger partial charge in [-0.1, -0.05) is 0 Å². The molecule has 0 heterocycles. The summed E-state index contributed by atoms with van der Waals surface area (Å²) in [5.41, 5.74) is 0. The maximum absolute atomic E-state index is 13.7. The molecule has 1 amide bonds. The molecule has 1 rings (SSSR count). The number of nitrogens with zero attached hydrogens (tertiary/aromatic N) is 1. The first-order valence-electron chi connectivity index (χ1n) is 6.42. The molecule has 7 heteroatoms. The molecule has 0 bridgehead atoms. The Balaban J connectivity index is 2.75. The summed E-state index contributed by atoms with van der Waals surface area (Å²) in [6.07, 6.45) is 2.38. The summed E-state index contributed by atoms with van der Waals surface area (Å²) in [7, 11) is 0. The lowest BCUT2D eigenvalue weighted by Crippen LogP contribution is -2.54. The average molecular weight is 279 g/mol. The number of carbonyl (C=O) groups excluding carboxylic acids is 2. The summed E-state index contributed by atoms with van der Waals surface area (Å²) in [6.45, 7) is 1.02. The van der Waals surface area contributed by atoms with Crippen molar-refractivity contribution in [2.45, 2.75) is 44.6 Å². The van der Waals surface area contributed by atoms with Gasteiger partial charge in [0.15, 0.2) is 0 Å². The fourth-order valence-electron chi connectivity index (χ4n) is 1.88. The van der Waals surface area contributed by atoms with Crippen molar-refractivity contribution in [3.05, 3.63) is 0 Å². The number of aliphatic hydroxyl groups is 1. The molecule has 0 aromatic heterocycles. The number of alkyl halides is 2. The molecule has 1 aliphatic rings. The van der Waals surface area contributed by atoms with Crippen molar-refractivity contribution >= 4 is 11.9 Å². The lowest BCUT2D eigenvalue weighted by Gasteiger charge is -2.38. The fraction of sp³-hybridized carbons (Fsp3) is 0.833. The third-order valence-corrected chi connectivity index (χ3v) is 3.13. The van der Waals surface area contributed by atoms with Gasteiger partial charge in [0, 0.05) is 19.2 Å². The van der Waals surface area contributed by atoms with Crippen LogP contribution in [0.2, 0.25) is 0 Å². The van der Waals surface area contributed by atoms with E-state index >= 15 is 0 Å². The molecule has 0 radical (unpaired) electrons. The number of hydrogen-bond donors (Lipinski definition) is 1. The SMILES string of the molecule is CCOC(=O)C(F)(F)C(=O)N(CCCO)C1CCC1. The minimum Gasteiger partial charge on any atom is -0.461 e. The zero-order valence-electron chi connectivity index (χ0n) is 10.9. The van der Waals surface area contributed by atoms with Crippen molar-refractivity contribution in [2.75, 3.05) is 19.8 Å². The summed E-state index contributed by atoms with van der Waals surface area (Å²) in [5, 5.41) is 8.75. The number of aliphatic hydroxyl groups excluding tert-OH is 1. The van der Waals surface area contributed by atoms with Crippen LogP contribution >= 0.6 is 0 Å². The molecule has 0 saturated heterocycles. The zero-order chi connectivity index (χ0) is 14.5. The molecule has 0 unspecified atom stereocenters. The van der Waals surface area contributed by atoms with E-state index in [9.17, 15) is 18.4 Å². The first-order chi connectivity index (χ1) is 8.95. The zero-order valence-corrected chi connectivity index (χ0v) is 10.9. The van der Waals surface area contributed by atoms with Crippen LogP contribution in [0.3, 0.4) is 0 Å². The molecule has 0 spiro atoms. The smallest absolute Gasteiger partial charge is 0.419 e. The molecule has 1 saturated carbocycles. The Morgan fingerprint density at radius 1 is 1.42 bits per heavy atom. The van der Waals surface area contributed by atoms with Gasteiger partial charge in [-0.05, 0) is 32.6 Å². The van der Waals surface area contributed by atoms with Crippen LogP contribution in [0.4, 0.5) is 8.78 Å². The van der Waals surface area contributed by atoms with E-state index in [-0.39, 0.29) is 32.2 Å². The molecule has 1 fully saturated rings. The van der Waals surface area contributed by atoms with Crippen LogP contribution < -0.4 is 0 Å². The fourth-order valence-corrected chi connectivity index (χ4v) is 1.88. The summed E-state index contributed by atoms with van der Waals surface area (Å²) in [5.74, 6) is -7.49. The van der Waals surface area contributed by atoms with E-state index in [1.54, 1.807) is 0 Å². The molecule has 0 atom stereocenters. The highest BCUT2D eigenvalue weighted by atomic mass is 19.3. The van der Waals surface area contributed by atoms with Gasteiger partial charge < -0.3 is 14.7 Å². The van der Waals surface area contributed by atoms with Crippen LogP contribution in [-0.4, -0.2) is 53.6 Å².